The Morgan fingerprint density at radius 2 is 1.81 bits per heavy atom. The van der Waals surface area contributed by atoms with Gasteiger partial charge in [0.1, 0.15) is 6.42 Å². The summed E-state index contributed by atoms with van der Waals surface area (Å²) < 4.78 is 70.2. The van der Waals surface area contributed by atoms with Gasteiger partial charge in [-0.05, 0) is 54.4 Å². The molecule has 1 amide bonds. The van der Waals surface area contributed by atoms with Crippen molar-refractivity contribution < 1.29 is 26.4 Å². The van der Waals surface area contributed by atoms with Crippen LogP contribution in [0.1, 0.15) is 28.7 Å². The van der Waals surface area contributed by atoms with Gasteiger partial charge in [0, 0.05) is 30.2 Å². The van der Waals surface area contributed by atoms with Gasteiger partial charge in [0.05, 0.1) is 40.5 Å². The van der Waals surface area contributed by atoms with Gasteiger partial charge in [-0.25, -0.2) is 8.42 Å². The minimum Gasteiger partial charge on any atom is -0.361 e. The largest absolute Gasteiger partial charge is 0.417 e. The molecule has 0 radical (unpaired) electrons. The normalized spacial score (nSPS) is 17.1. The first-order valence-electron chi connectivity index (χ1n) is 13.1. The summed E-state index contributed by atoms with van der Waals surface area (Å²) in [5, 5.41) is 8.91. The van der Waals surface area contributed by atoms with E-state index in [2.05, 4.69) is 0 Å². The molecule has 218 valence electrons. The van der Waals surface area contributed by atoms with Crippen molar-refractivity contribution >= 4 is 51.1 Å². The number of amides is 1. The molecule has 2 heterocycles. The fourth-order valence-corrected chi connectivity index (χ4v) is 7.23. The van der Waals surface area contributed by atoms with Crippen molar-refractivity contribution in [3.8, 4) is 6.07 Å². The highest BCUT2D eigenvalue weighted by Gasteiger charge is 2.41. The highest BCUT2D eigenvalue weighted by molar-refractivity contribution is 7.92. The minimum absolute atomic E-state index is 0.0372. The lowest BCUT2D eigenvalue weighted by molar-refractivity contribution is -0.137. The Labute approximate surface area is 247 Å². The summed E-state index contributed by atoms with van der Waals surface area (Å²) in [5.74, 6) is -0.311. The molecule has 0 saturated carbocycles. The van der Waals surface area contributed by atoms with Crippen LogP contribution in [-0.4, -0.2) is 51.4 Å². The average Bonchev–Trinajstić information content (AvgIpc) is 2.95. The molecule has 3 aromatic rings. The van der Waals surface area contributed by atoms with Gasteiger partial charge >= 0.3 is 6.18 Å². The van der Waals surface area contributed by atoms with Gasteiger partial charge < -0.3 is 9.80 Å². The first kappa shape index (κ1) is 29.5. The number of sulfonamides is 1. The summed E-state index contributed by atoms with van der Waals surface area (Å²) >= 11 is 6.12. The number of hydrogen-bond acceptors (Lipinski definition) is 5. The maximum absolute atomic E-state index is 14.0. The van der Waals surface area contributed by atoms with E-state index in [9.17, 15) is 26.4 Å². The highest BCUT2D eigenvalue weighted by atomic mass is 35.5. The summed E-state index contributed by atoms with van der Waals surface area (Å²) in [7, 11) is -4.06. The summed E-state index contributed by atoms with van der Waals surface area (Å²) in [5.41, 5.74) is 1.18. The van der Waals surface area contributed by atoms with Crippen molar-refractivity contribution in [2.24, 2.45) is 0 Å². The van der Waals surface area contributed by atoms with Crippen LogP contribution >= 0.6 is 11.6 Å². The first-order chi connectivity index (χ1) is 19.9. The van der Waals surface area contributed by atoms with Crippen molar-refractivity contribution in [1.82, 2.24) is 4.90 Å². The minimum atomic E-state index is -4.61. The number of piperazine rings is 1. The Bertz CT molecular complexity index is 1720. The van der Waals surface area contributed by atoms with E-state index in [0.717, 1.165) is 11.6 Å². The molecular weight excluding hydrogens is 589 g/mol. The Morgan fingerprint density at radius 1 is 1.05 bits per heavy atom. The lowest BCUT2D eigenvalue weighted by Crippen LogP contribution is -2.61. The summed E-state index contributed by atoms with van der Waals surface area (Å²) in [6, 6.07) is 16.7. The van der Waals surface area contributed by atoms with Gasteiger partial charge in [0.2, 0.25) is 5.91 Å². The number of nitrogens with zero attached hydrogens (tertiary/aromatic N) is 4. The van der Waals surface area contributed by atoms with Gasteiger partial charge in [-0.15, -0.1) is 0 Å². The Morgan fingerprint density at radius 3 is 2.52 bits per heavy atom. The van der Waals surface area contributed by atoms with Crippen LogP contribution in [0.5, 0.6) is 0 Å². The standard InChI is InChI=1S/C30H26ClF3N4O3S/c1-20-4-2-5-23(16-20)42(40,41)38-19-22-18-36(29(39)12-13-35)14-15-37(22)27-11-9-21(17-28(27)38)8-10-24-25(30(32,33)34)6-3-7-26(24)31/h2-11,16-17,22H,12,14-15,18-19H2,1H3/b10-8+/t22-/m0/s1. The van der Waals surface area contributed by atoms with E-state index >= 15 is 0 Å². The molecule has 1 atom stereocenters. The molecule has 2 aliphatic rings. The number of alkyl halides is 3. The molecule has 0 aliphatic carbocycles. The highest BCUT2D eigenvalue weighted by Crippen LogP contribution is 2.41. The number of fused-ring (bicyclic) bond motifs is 3. The summed E-state index contributed by atoms with van der Waals surface area (Å²) in [4.78, 5) is 16.2. The molecule has 5 rings (SSSR count). The van der Waals surface area contributed by atoms with E-state index in [0.29, 0.717) is 30.0 Å². The Kier molecular flexibility index (Phi) is 7.96. The molecular formula is C30H26ClF3N4O3S. The van der Waals surface area contributed by atoms with Crippen LogP contribution in [0.2, 0.25) is 5.02 Å². The average molecular weight is 615 g/mol. The van der Waals surface area contributed by atoms with E-state index in [-0.39, 0.29) is 46.9 Å². The molecule has 1 saturated heterocycles. The molecule has 0 N–H and O–H groups in total. The number of halogens is 4. The predicted molar refractivity (Wildman–Crippen MR) is 155 cm³/mol. The maximum atomic E-state index is 14.0. The van der Waals surface area contributed by atoms with E-state index in [1.165, 1.54) is 34.7 Å². The number of anilines is 2. The SMILES string of the molecule is Cc1cccc(S(=O)(=O)N2C[C@@H]3CN(C(=O)CC#N)CCN3c3ccc(/C=C/c4c(Cl)cccc4C(F)(F)F)cc32)c1. The molecule has 0 aromatic heterocycles. The van der Waals surface area contributed by atoms with Gasteiger partial charge in [0.15, 0.2) is 0 Å². The molecule has 0 bridgehead atoms. The topological polar surface area (TPSA) is 84.7 Å². The van der Waals surface area contributed by atoms with Gasteiger partial charge in [-0.2, -0.15) is 18.4 Å². The lowest BCUT2D eigenvalue weighted by Gasteiger charge is -2.49. The maximum Gasteiger partial charge on any atom is 0.417 e. The molecule has 0 unspecified atom stereocenters. The third kappa shape index (κ3) is 5.69. The summed E-state index contributed by atoms with van der Waals surface area (Å²) in [6.45, 7) is 2.87. The number of carbonyl (C=O) groups is 1. The fraction of sp³-hybridized carbons (Fsp3) is 0.267. The number of benzene rings is 3. The first-order valence-corrected chi connectivity index (χ1v) is 14.9. The zero-order valence-corrected chi connectivity index (χ0v) is 24.0. The Hall–Kier alpha value is -4.01. The second-order valence-corrected chi connectivity index (χ2v) is 12.4. The number of aryl methyl sites for hydroxylation is 1. The zero-order chi connectivity index (χ0) is 30.2. The van der Waals surface area contributed by atoms with E-state index < -0.39 is 21.8 Å². The van der Waals surface area contributed by atoms with Crippen molar-refractivity contribution in [3.63, 3.8) is 0 Å². The number of rotatable bonds is 5. The fourth-order valence-electron chi connectivity index (χ4n) is 5.37. The molecule has 0 spiro atoms. The third-order valence-electron chi connectivity index (χ3n) is 7.40. The predicted octanol–water partition coefficient (Wildman–Crippen LogP) is 5.98. The molecule has 7 nitrogen and oxygen atoms in total. The van der Waals surface area contributed by atoms with Crippen LogP contribution < -0.4 is 9.21 Å². The summed E-state index contributed by atoms with van der Waals surface area (Å²) in [6.07, 6.45) is -2.12. The van der Waals surface area contributed by atoms with E-state index in [1.54, 1.807) is 48.2 Å². The van der Waals surface area contributed by atoms with E-state index in [4.69, 9.17) is 16.9 Å². The zero-order valence-electron chi connectivity index (χ0n) is 22.5. The molecule has 12 heteroatoms. The van der Waals surface area contributed by atoms with Crippen LogP contribution in [0, 0.1) is 18.3 Å². The molecule has 1 fully saturated rings. The molecule has 3 aromatic carbocycles. The Balaban J connectivity index is 1.58. The van der Waals surface area contributed by atoms with Gasteiger partial charge in [-0.3, -0.25) is 9.10 Å². The van der Waals surface area contributed by atoms with Crippen molar-refractivity contribution in [2.75, 3.05) is 35.4 Å². The van der Waals surface area contributed by atoms with Crippen LogP contribution in [0.4, 0.5) is 24.5 Å². The molecule has 2 aliphatic heterocycles. The van der Waals surface area contributed by atoms with Crippen LogP contribution in [0.3, 0.4) is 0 Å². The second-order valence-electron chi connectivity index (χ2n) is 10.2. The number of carbonyl (C=O) groups excluding carboxylic acids is 1. The van der Waals surface area contributed by atoms with Crippen molar-refractivity contribution in [3.05, 3.63) is 87.9 Å². The second kappa shape index (κ2) is 11.3. The van der Waals surface area contributed by atoms with E-state index in [1.807, 2.05) is 11.0 Å². The number of hydrogen-bond donors (Lipinski definition) is 0. The van der Waals surface area contributed by atoms with Crippen LogP contribution in [0.15, 0.2) is 65.6 Å². The van der Waals surface area contributed by atoms with Gasteiger partial charge in [-0.1, -0.05) is 48.0 Å². The number of nitriles is 1. The monoisotopic (exact) mass is 614 g/mol. The quantitative estimate of drug-likeness (QED) is 0.330. The third-order valence-corrected chi connectivity index (χ3v) is 9.50. The van der Waals surface area contributed by atoms with Gasteiger partial charge in [0.25, 0.3) is 10.0 Å². The van der Waals surface area contributed by atoms with Crippen molar-refractivity contribution in [2.45, 2.75) is 30.5 Å². The van der Waals surface area contributed by atoms with Crippen LogP contribution in [0.25, 0.3) is 12.2 Å². The molecule has 42 heavy (non-hydrogen) atoms. The smallest absolute Gasteiger partial charge is 0.361 e. The van der Waals surface area contributed by atoms with Crippen LogP contribution in [-0.2, 0) is 21.0 Å². The van der Waals surface area contributed by atoms with Crippen molar-refractivity contribution in [1.29, 1.82) is 5.26 Å². The lowest BCUT2D eigenvalue weighted by atomic mass is 10.0.